The van der Waals surface area contributed by atoms with E-state index in [0.29, 0.717) is 17.2 Å². The molecule has 1 atom stereocenters. The average Bonchev–Trinajstić information content (AvgIpc) is 2.90. The van der Waals surface area contributed by atoms with Crippen LogP contribution in [0.25, 0.3) is 0 Å². The van der Waals surface area contributed by atoms with Gasteiger partial charge in [0.25, 0.3) is 0 Å². The zero-order valence-electron chi connectivity index (χ0n) is 10.3. The topological polar surface area (TPSA) is 55.4 Å². The van der Waals surface area contributed by atoms with Crippen molar-refractivity contribution in [3.8, 4) is 5.75 Å². The van der Waals surface area contributed by atoms with Gasteiger partial charge in [0, 0.05) is 11.1 Å². The van der Waals surface area contributed by atoms with Crippen LogP contribution in [0.3, 0.4) is 0 Å². The fourth-order valence-corrected chi connectivity index (χ4v) is 3.41. The Kier molecular flexibility index (Phi) is 2.99. The van der Waals surface area contributed by atoms with E-state index in [1.165, 1.54) is 6.26 Å². The minimum Gasteiger partial charge on any atom is -0.481 e. The summed E-state index contributed by atoms with van der Waals surface area (Å²) in [6, 6.07) is 8.93. The lowest BCUT2D eigenvalue weighted by Gasteiger charge is -2.27. The number of fused-ring (bicyclic) bond motifs is 1. The Labute approximate surface area is 116 Å². The van der Waals surface area contributed by atoms with E-state index >= 15 is 0 Å². The second kappa shape index (κ2) is 4.54. The van der Waals surface area contributed by atoms with E-state index in [9.17, 15) is 8.42 Å². The largest absolute Gasteiger partial charge is 0.481 e. The van der Waals surface area contributed by atoms with Gasteiger partial charge in [0.1, 0.15) is 5.75 Å². The van der Waals surface area contributed by atoms with Gasteiger partial charge < -0.3 is 10.1 Å². The second-order valence-electron chi connectivity index (χ2n) is 4.43. The Balaban J connectivity index is 1.91. The molecule has 1 aromatic carbocycles. The molecule has 0 amide bonds. The first kappa shape index (κ1) is 12.5. The summed E-state index contributed by atoms with van der Waals surface area (Å²) in [6.07, 6.45) is 1.18. The number of rotatable bonds is 2. The Morgan fingerprint density at radius 2 is 2.21 bits per heavy atom. The summed E-state index contributed by atoms with van der Waals surface area (Å²) < 4.78 is 28.9. The van der Waals surface area contributed by atoms with Crippen molar-refractivity contribution in [2.45, 2.75) is 11.0 Å². The minimum atomic E-state index is -3.19. The van der Waals surface area contributed by atoms with Gasteiger partial charge in [0.05, 0.1) is 17.1 Å². The van der Waals surface area contributed by atoms with E-state index in [4.69, 9.17) is 4.74 Å². The smallest absolute Gasteiger partial charge is 0.175 e. The summed E-state index contributed by atoms with van der Waals surface area (Å²) in [6.45, 7) is 0.640. The van der Waals surface area contributed by atoms with Crippen LogP contribution in [-0.4, -0.2) is 21.2 Å². The number of sulfone groups is 1. The van der Waals surface area contributed by atoms with Gasteiger partial charge in [0.2, 0.25) is 0 Å². The molecule has 100 valence electrons. The van der Waals surface area contributed by atoms with Gasteiger partial charge in [-0.05, 0) is 29.6 Å². The standard InChI is InChI=1S/C13H13NO3S2/c1-19(15,16)9-4-5-11-10(7-9)14-8-12(17-11)13-3-2-6-18-13/h2-7,12,14H,8H2,1H3. The van der Waals surface area contributed by atoms with E-state index < -0.39 is 9.84 Å². The summed E-state index contributed by atoms with van der Waals surface area (Å²) >= 11 is 1.65. The highest BCUT2D eigenvalue weighted by Gasteiger charge is 2.22. The fraction of sp³-hybridized carbons (Fsp3) is 0.231. The molecule has 1 aliphatic heterocycles. The van der Waals surface area contributed by atoms with Crippen molar-refractivity contribution in [3.05, 3.63) is 40.6 Å². The summed E-state index contributed by atoms with van der Waals surface area (Å²) in [7, 11) is -3.19. The first-order valence-electron chi connectivity index (χ1n) is 5.82. The molecular formula is C13H13NO3S2. The number of hydrogen-bond acceptors (Lipinski definition) is 5. The highest BCUT2D eigenvalue weighted by atomic mass is 32.2. The summed E-state index contributed by atoms with van der Waals surface area (Å²) in [5, 5.41) is 5.25. The normalized spacial score (nSPS) is 18.3. The summed E-state index contributed by atoms with van der Waals surface area (Å²) in [4.78, 5) is 1.46. The second-order valence-corrected chi connectivity index (χ2v) is 7.43. The molecule has 19 heavy (non-hydrogen) atoms. The minimum absolute atomic E-state index is 0.0171. The number of thiophene rings is 1. The van der Waals surface area contributed by atoms with E-state index in [1.807, 2.05) is 17.5 Å². The fourth-order valence-electron chi connectivity index (χ4n) is 2.01. The van der Waals surface area contributed by atoms with Crippen LogP contribution in [-0.2, 0) is 9.84 Å². The molecular weight excluding hydrogens is 282 g/mol. The third-order valence-corrected chi connectivity index (χ3v) is 5.06. The van der Waals surface area contributed by atoms with Crippen LogP contribution in [0.4, 0.5) is 5.69 Å². The number of hydrogen-bond donors (Lipinski definition) is 1. The Morgan fingerprint density at radius 3 is 2.89 bits per heavy atom. The van der Waals surface area contributed by atoms with Gasteiger partial charge in [-0.3, -0.25) is 0 Å². The molecule has 1 N–H and O–H groups in total. The van der Waals surface area contributed by atoms with Gasteiger partial charge in [-0.25, -0.2) is 8.42 Å². The Bertz CT molecular complexity index is 693. The van der Waals surface area contributed by atoms with Crippen LogP contribution < -0.4 is 10.1 Å². The number of ether oxygens (including phenoxy) is 1. The van der Waals surface area contributed by atoms with Gasteiger partial charge >= 0.3 is 0 Å². The van der Waals surface area contributed by atoms with Gasteiger partial charge in [-0.15, -0.1) is 11.3 Å². The molecule has 0 spiro atoms. The SMILES string of the molecule is CS(=O)(=O)c1ccc2c(c1)NCC(c1cccs1)O2. The average molecular weight is 295 g/mol. The number of benzene rings is 1. The van der Waals surface area contributed by atoms with Crippen LogP contribution >= 0.6 is 11.3 Å². The van der Waals surface area contributed by atoms with Crippen LogP contribution in [0.15, 0.2) is 40.6 Å². The predicted molar refractivity (Wildman–Crippen MR) is 75.7 cm³/mol. The lowest BCUT2D eigenvalue weighted by molar-refractivity contribution is 0.214. The molecule has 0 aliphatic carbocycles. The van der Waals surface area contributed by atoms with Gasteiger partial charge in [0.15, 0.2) is 15.9 Å². The number of anilines is 1. The highest BCUT2D eigenvalue weighted by molar-refractivity contribution is 7.90. The van der Waals surface area contributed by atoms with Crippen molar-refractivity contribution in [2.75, 3.05) is 18.1 Å². The molecule has 3 rings (SSSR count). The van der Waals surface area contributed by atoms with E-state index in [-0.39, 0.29) is 6.10 Å². The van der Waals surface area contributed by atoms with Crippen molar-refractivity contribution >= 4 is 26.9 Å². The zero-order valence-corrected chi connectivity index (χ0v) is 11.9. The lowest BCUT2D eigenvalue weighted by Crippen LogP contribution is -2.23. The third kappa shape index (κ3) is 2.46. The maximum absolute atomic E-state index is 11.5. The van der Waals surface area contributed by atoms with Crippen molar-refractivity contribution in [2.24, 2.45) is 0 Å². The first-order chi connectivity index (χ1) is 9.04. The Morgan fingerprint density at radius 1 is 1.37 bits per heavy atom. The predicted octanol–water partition coefficient (Wildman–Crippen LogP) is 2.70. The quantitative estimate of drug-likeness (QED) is 0.925. The number of nitrogens with one attached hydrogen (secondary N) is 1. The maximum atomic E-state index is 11.5. The van der Waals surface area contributed by atoms with Crippen LogP contribution in [0.1, 0.15) is 11.0 Å². The molecule has 0 bridgehead atoms. The molecule has 2 aromatic rings. The summed E-state index contributed by atoms with van der Waals surface area (Å²) in [5.41, 5.74) is 0.732. The molecule has 2 heterocycles. The molecule has 0 fully saturated rings. The van der Waals surface area contributed by atoms with Crippen LogP contribution in [0.5, 0.6) is 5.75 Å². The monoisotopic (exact) mass is 295 g/mol. The molecule has 0 saturated heterocycles. The molecule has 0 saturated carbocycles. The molecule has 1 unspecified atom stereocenters. The van der Waals surface area contributed by atoms with Crippen LogP contribution in [0, 0.1) is 0 Å². The third-order valence-electron chi connectivity index (χ3n) is 2.99. The van der Waals surface area contributed by atoms with E-state index in [2.05, 4.69) is 5.32 Å². The van der Waals surface area contributed by atoms with Crippen molar-refractivity contribution in [3.63, 3.8) is 0 Å². The van der Waals surface area contributed by atoms with Crippen molar-refractivity contribution in [1.29, 1.82) is 0 Å². The zero-order chi connectivity index (χ0) is 13.5. The van der Waals surface area contributed by atoms with E-state index in [0.717, 1.165) is 10.6 Å². The van der Waals surface area contributed by atoms with Gasteiger partial charge in [-0.2, -0.15) is 0 Å². The Hall–Kier alpha value is -1.53. The maximum Gasteiger partial charge on any atom is 0.175 e. The lowest BCUT2D eigenvalue weighted by atomic mass is 10.2. The molecule has 0 radical (unpaired) electrons. The molecule has 1 aromatic heterocycles. The summed E-state index contributed by atoms with van der Waals surface area (Å²) in [5.74, 6) is 0.692. The van der Waals surface area contributed by atoms with Gasteiger partial charge in [-0.1, -0.05) is 6.07 Å². The van der Waals surface area contributed by atoms with E-state index in [1.54, 1.807) is 29.5 Å². The molecule has 6 heteroatoms. The van der Waals surface area contributed by atoms with Crippen LogP contribution in [0.2, 0.25) is 0 Å². The van der Waals surface area contributed by atoms with Crippen molar-refractivity contribution < 1.29 is 13.2 Å². The first-order valence-corrected chi connectivity index (χ1v) is 8.59. The molecule has 1 aliphatic rings. The molecule has 4 nitrogen and oxygen atoms in total. The highest BCUT2D eigenvalue weighted by Crippen LogP contribution is 2.36. The van der Waals surface area contributed by atoms with Crippen molar-refractivity contribution in [1.82, 2.24) is 0 Å².